The molecule has 0 aliphatic carbocycles. The molecule has 0 spiro atoms. The van der Waals surface area contributed by atoms with Gasteiger partial charge in [0.15, 0.2) is 0 Å². The van der Waals surface area contributed by atoms with Crippen molar-refractivity contribution in [3.8, 4) is 5.40 Å². The number of likely N-dealkylation sites (N-methyl/N-ethyl adjacent to an activating group) is 2. The van der Waals surface area contributed by atoms with E-state index in [4.69, 9.17) is 29.1 Å². The van der Waals surface area contributed by atoms with Crippen LogP contribution < -0.4 is 44.7 Å². The first-order chi connectivity index (χ1) is 23.2. The van der Waals surface area contributed by atoms with E-state index < -0.39 is 5.24 Å². The zero-order chi connectivity index (χ0) is 36.4. The maximum Gasteiger partial charge on any atom is 1.00 e. The number of thiocarbonyl (C=S) groups is 1. The number of amides is 1. The van der Waals surface area contributed by atoms with Crippen LogP contribution in [0.4, 0.5) is 11.4 Å². The van der Waals surface area contributed by atoms with Gasteiger partial charge in [-0.3, -0.25) is 9.59 Å². The molecule has 2 aliphatic rings. The number of para-hydroxylation sites is 2. The summed E-state index contributed by atoms with van der Waals surface area (Å²) in [5, 5.41) is 10.9. The van der Waals surface area contributed by atoms with Gasteiger partial charge in [0.2, 0.25) is 0 Å². The van der Waals surface area contributed by atoms with Crippen LogP contribution in [0.2, 0.25) is 0 Å². The van der Waals surface area contributed by atoms with Gasteiger partial charge < -0.3 is 27.7 Å². The van der Waals surface area contributed by atoms with Crippen LogP contribution in [0.25, 0.3) is 0 Å². The Bertz CT molecular complexity index is 1890. The summed E-state index contributed by atoms with van der Waals surface area (Å²) in [7, 11) is 4.11. The van der Waals surface area contributed by atoms with Gasteiger partial charge in [-0.25, -0.2) is 5.26 Å². The largest absolute Gasteiger partial charge is 1.00 e. The molecule has 2 aliphatic heterocycles. The Labute approximate surface area is 334 Å². The molecule has 0 bridgehead atoms. The number of hydrogen-bond acceptors (Lipinski definition) is 7. The molecule has 1 N–H and O–H groups in total. The normalized spacial score (nSPS) is 14.8. The first-order valence-electron chi connectivity index (χ1n) is 15.4. The van der Waals surface area contributed by atoms with E-state index in [1.54, 1.807) is 36.4 Å². The van der Waals surface area contributed by atoms with Crippen LogP contribution in [0.15, 0.2) is 133 Å². The predicted octanol–water partition coefficient (Wildman–Crippen LogP) is 6.07. The number of rotatable bonds is 3. The summed E-state index contributed by atoms with van der Waals surface area (Å²) in [4.78, 5) is 27.4. The minimum atomic E-state index is -0.407. The molecule has 0 unspecified atom stereocenters. The van der Waals surface area contributed by atoms with Gasteiger partial charge in [-0.1, -0.05) is 137 Å². The number of nitriles is 1. The van der Waals surface area contributed by atoms with Gasteiger partial charge in [-0.2, -0.15) is 0 Å². The average Bonchev–Trinajstić information content (AvgIpc) is 3.40. The average molecular weight is 731 g/mol. The van der Waals surface area contributed by atoms with Crippen molar-refractivity contribution in [2.75, 3.05) is 23.9 Å². The van der Waals surface area contributed by atoms with E-state index in [1.165, 1.54) is 33.6 Å². The quantitative estimate of drug-likeness (QED) is 0.0686. The number of carbonyl (C=O) groups is 2. The SMILES string of the molecule is C=C1N(C)c2ccccc2C1(C)C.CN1/C(=C\C(=S)NC(=O)c2ccccc2)C(C)(C)c2ccccc21.N#C[S-].O=C(Cl)c1ccccc1.[Na+]. The van der Waals surface area contributed by atoms with Crippen molar-refractivity contribution in [2.45, 2.75) is 38.5 Å². The first kappa shape index (κ1) is 42.4. The Kier molecular flexibility index (Phi) is 16.1. The maximum atomic E-state index is 12.2. The van der Waals surface area contributed by atoms with Crippen molar-refractivity contribution in [1.29, 1.82) is 5.26 Å². The monoisotopic (exact) mass is 730 g/mol. The number of nitrogens with one attached hydrogen (secondary N) is 1. The van der Waals surface area contributed by atoms with Gasteiger partial charge in [0.05, 0.1) is 0 Å². The van der Waals surface area contributed by atoms with Crippen LogP contribution in [0.3, 0.4) is 0 Å². The van der Waals surface area contributed by atoms with Crippen LogP contribution in [0, 0.1) is 10.7 Å². The summed E-state index contributed by atoms with van der Waals surface area (Å²) < 4.78 is 0. The number of carbonyl (C=O) groups excluding carboxylic acids is 2. The molecule has 1 amide bonds. The van der Waals surface area contributed by atoms with Gasteiger partial charge in [-0.15, -0.1) is 0 Å². The van der Waals surface area contributed by atoms with Crippen LogP contribution in [-0.4, -0.2) is 30.2 Å². The Morgan fingerprint density at radius 2 is 1.18 bits per heavy atom. The van der Waals surface area contributed by atoms with E-state index in [0.717, 1.165) is 5.70 Å². The molecule has 2 heterocycles. The van der Waals surface area contributed by atoms with Crippen LogP contribution in [0.5, 0.6) is 0 Å². The molecule has 50 heavy (non-hydrogen) atoms. The molecule has 0 atom stereocenters. The molecule has 0 aromatic heterocycles. The summed E-state index contributed by atoms with van der Waals surface area (Å²) in [5.41, 5.74) is 8.41. The molecule has 6 rings (SSSR count). The second kappa shape index (κ2) is 19.0. The number of nitrogens with zero attached hydrogens (tertiary/aromatic N) is 3. The Morgan fingerprint density at radius 1 is 0.780 bits per heavy atom. The van der Waals surface area contributed by atoms with E-state index >= 15 is 0 Å². The van der Waals surface area contributed by atoms with Crippen LogP contribution >= 0.6 is 23.8 Å². The van der Waals surface area contributed by atoms with Crippen LogP contribution in [-0.2, 0) is 23.5 Å². The number of allylic oxidation sites excluding steroid dienone is 2. The second-order valence-electron chi connectivity index (χ2n) is 12.3. The fourth-order valence-corrected chi connectivity index (χ4v) is 6.11. The molecule has 4 aromatic rings. The summed E-state index contributed by atoms with van der Waals surface area (Å²) >= 11 is 14.3. The van der Waals surface area contributed by atoms with E-state index in [9.17, 15) is 9.59 Å². The number of thiocyanates is 1. The summed E-state index contributed by atoms with van der Waals surface area (Å²) in [5.74, 6) is -0.187. The number of fused-ring (bicyclic) bond motifs is 2. The van der Waals surface area contributed by atoms with E-state index in [0.29, 0.717) is 16.1 Å². The zero-order valence-electron chi connectivity index (χ0n) is 29.5. The maximum absolute atomic E-state index is 12.2. The molecular formula is C40H40ClN4NaO2S2. The Morgan fingerprint density at radius 3 is 1.60 bits per heavy atom. The summed E-state index contributed by atoms with van der Waals surface area (Å²) in [6.07, 6.45) is 1.89. The van der Waals surface area contributed by atoms with Gasteiger partial charge in [0.25, 0.3) is 11.1 Å². The number of halogens is 1. The van der Waals surface area contributed by atoms with Crippen molar-refractivity contribution in [1.82, 2.24) is 5.32 Å². The third-order valence-corrected chi connectivity index (χ3v) is 8.98. The van der Waals surface area contributed by atoms with Crippen molar-refractivity contribution >= 4 is 64.0 Å². The van der Waals surface area contributed by atoms with Crippen molar-refractivity contribution in [3.05, 3.63) is 155 Å². The standard InChI is InChI=1S/C20H20N2OS.C12H15N.C7H5ClO.CHNS.Na/c1-20(2)15-11-7-8-12-16(15)22(3)17(20)13-18(24)21-19(23)14-9-5-4-6-10-14;1-9-12(2,3)10-7-5-6-8-11(10)13(9)4;8-7(9)6-4-2-1-3-5-6;2-1-3;/h4-13H,1-3H3,(H,21,23,24);5-8H,1H2,2-4H3;1-5H;3H;/q;;;;+1/p-1/b17-13-;;;;. The molecular weight excluding hydrogens is 691 g/mol. The Balaban J connectivity index is 0.000000279. The molecule has 0 saturated heterocycles. The number of benzene rings is 4. The van der Waals surface area contributed by atoms with Crippen molar-refractivity contribution in [3.63, 3.8) is 0 Å². The minimum absolute atomic E-state index is 0. The number of hydrogen-bond donors (Lipinski definition) is 1. The van der Waals surface area contributed by atoms with Gasteiger partial charge >= 0.3 is 29.6 Å². The summed E-state index contributed by atoms with van der Waals surface area (Å²) in [6, 6.07) is 34.6. The third-order valence-electron chi connectivity index (χ3n) is 8.55. The number of anilines is 2. The van der Waals surface area contributed by atoms with E-state index in [1.807, 2.05) is 49.5 Å². The molecule has 0 saturated carbocycles. The fraction of sp³-hybridized carbons (Fsp3) is 0.200. The molecule has 6 nitrogen and oxygen atoms in total. The predicted molar refractivity (Wildman–Crippen MR) is 209 cm³/mol. The second-order valence-corrected chi connectivity index (χ2v) is 13.3. The zero-order valence-corrected chi connectivity index (χ0v) is 33.9. The molecule has 0 radical (unpaired) electrons. The topological polar surface area (TPSA) is 76.4 Å². The van der Waals surface area contributed by atoms with Gasteiger partial charge in [0, 0.05) is 58.8 Å². The van der Waals surface area contributed by atoms with Gasteiger partial charge in [0.1, 0.15) is 4.99 Å². The third kappa shape index (κ3) is 10.1. The molecule has 4 aromatic carbocycles. The first-order valence-corrected chi connectivity index (χ1v) is 16.6. The molecule has 10 heteroatoms. The molecule has 0 fully saturated rings. The van der Waals surface area contributed by atoms with Gasteiger partial charge in [-0.05, 0) is 53.1 Å². The minimum Gasteiger partial charge on any atom is -0.696 e. The van der Waals surface area contributed by atoms with Crippen LogP contribution in [0.1, 0.15) is 59.5 Å². The Hall–Kier alpha value is -3.81. The van der Waals surface area contributed by atoms with E-state index in [-0.39, 0.29) is 46.3 Å². The summed E-state index contributed by atoms with van der Waals surface area (Å²) in [6.45, 7) is 12.9. The molecule has 252 valence electrons. The van der Waals surface area contributed by atoms with Crippen molar-refractivity contribution < 1.29 is 39.1 Å². The smallest absolute Gasteiger partial charge is 0.696 e. The fourth-order valence-electron chi connectivity index (χ4n) is 5.78. The van der Waals surface area contributed by atoms with E-state index in [2.05, 4.69) is 105 Å². The van der Waals surface area contributed by atoms with Crippen molar-refractivity contribution in [2.24, 2.45) is 0 Å².